The number of carbonyl (C=O) groups excluding carboxylic acids is 1. The van der Waals surface area contributed by atoms with Crippen molar-refractivity contribution in [2.45, 2.75) is 30.7 Å². The third kappa shape index (κ3) is 4.64. The van der Waals surface area contributed by atoms with E-state index in [4.69, 9.17) is 4.74 Å². The van der Waals surface area contributed by atoms with Crippen molar-refractivity contribution in [3.63, 3.8) is 0 Å². The number of hydrogen-bond donors (Lipinski definition) is 1. The van der Waals surface area contributed by atoms with Gasteiger partial charge in [-0.3, -0.25) is 9.19 Å². The molecule has 3 rings (SSSR count). The third-order valence-electron chi connectivity index (χ3n) is 3.10. The number of hydrogen-bond acceptors (Lipinski definition) is 7. The maximum atomic E-state index is 12.3. The van der Waals surface area contributed by atoms with E-state index < -0.39 is 22.5 Å². The van der Waals surface area contributed by atoms with Crippen LogP contribution in [0.5, 0.6) is 0 Å². The number of amides is 1. The topological polar surface area (TPSA) is 98.5 Å². The van der Waals surface area contributed by atoms with Gasteiger partial charge in [0.1, 0.15) is 11.3 Å². The first kappa shape index (κ1) is 18.5. The number of nitrogens with zero attached hydrogens (tertiary/aromatic N) is 4. The zero-order chi connectivity index (χ0) is 18.7. The number of fused-ring (bicyclic) bond motifs is 1. The molecule has 3 aromatic heterocycles. The molecule has 0 spiro atoms. The highest BCUT2D eigenvalue weighted by atomic mass is 32.2. The Bertz CT molecular complexity index is 899. The summed E-state index contributed by atoms with van der Waals surface area (Å²) in [5.41, 5.74) is 0.914. The Labute approximate surface area is 157 Å². The number of pyridine rings is 1. The van der Waals surface area contributed by atoms with E-state index in [1.165, 1.54) is 11.3 Å². The summed E-state index contributed by atoms with van der Waals surface area (Å²) in [5, 5.41) is 6.91. The van der Waals surface area contributed by atoms with E-state index in [-0.39, 0.29) is 12.3 Å². The van der Waals surface area contributed by atoms with Crippen LogP contribution in [0.3, 0.4) is 0 Å². The maximum Gasteiger partial charge on any atom is 0.407 e. The van der Waals surface area contributed by atoms with Crippen molar-refractivity contribution >= 4 is 33.2 Å². The lowest BCUT2D eigenvalue weighted by Crippen LogP contribution is -2.34. The highest BCUT2D eigenvalue weighted by molar-refractivity contribution is 7.87. The summed E-state index contributed by atoms with van der Waals surface area (Å²) in [6, 6.07) is 5.60. The summed E-state index contributed by atoms with van der Waals surface area (Å²) >= 11 is 1.26. The summed E-state index contributed by atoms with van der Waals surface area (Å²) in [7, 11) is -1.32. The molecular formula is C16H19N5O3S2. The first-order chi connectivity index (χ1) is 12.3. The molecule has 0 fully saturated rings. The van der Waals surface area contributed by atoms with Gasteiger partial charge in [0, 0.05) is 18.5 Å². The molecule has 1 amide bonds. The lowest BCUT2D eigenvalue weighted by atomic mass is 10.2. The molecule has 3 aromatic rings. The number of ether oxygens (including phenoxy) is 1. The minimum atomic E-state index is -1.32. The number of rotatable bonds is 5. The predicted octanol–water partition coefficient (Wildman–Crippen LogP) is 2.49. The van der Waals surface area contributed by atoms with Crippen LogP contribution in [0.4, 0.5) is 4.79 Å². The van der Waals surface area contributed by atoms with E-state index in [2.05, 4.69) is 20.4 Å². The normalized spacial score (nSPS) is 12.9. The van der Waals surface area contributed by atoms with Crippen molar-refractivity contribution in [1.29, 1.82) is 0 Å². The van der Waals surface area contributed by atoms with Gasteiger partial charge in [0.2, 0.25) is 9.30 Å². The Balaban J connectivity index is 1.59. The third-order valence-corrected chi connectivity index (χ3v) is 5.67. The summed E-state index contributed by atoms with van der Waals surface area (Å²) in [4.78, 5) is 21.0. The van der Waals surface area contributed by atoms with Crippen LogP contribution in [0.2, 0.25) is 0 Å². The number of carbonyl (C=O) groups is 1. The number of imidazole rings is 1. The lowest BCUT2D eigenvalue weighted by Gasteiger charge is -2.19. The molecule has 138 valence electrons. The van der Waals surface area contributed by atoms with E-state index in [9.17, 15) is 9.00 Å². The molecule has 0 aromatic carbocycles. The van der Waals surface area contributed by atoms with Crippen molar-refractivity contribution < 1.29 is 13.7 Å². The molecule has 0 aliphatic rings. The molecule has 1 atom stereocenters. The Morgan fingerprint density at radius 1 is 1.35 bits per heavy atom. The summed E-state index contributed by atoms with van der Waals surface area (Å²) < 4.78 is 19.5. The van der Waals surface area contributed by atoms with Crippen LogP contribution in [-0.4, -0.2) is 47.8 Å². The van der Waals surface area contributed by atoms with Crippen molar-refractivity contribution in [3.8, 4) is 11.4 Å². The minimum absolute atomic E-state index is 0.239. The fraction of sp³-hybridized carbons (Fsp3) is 0.375. The van der Waals surface area contributed by atoms with Gasteiger partial charge in [0.15, 0.2) is 0 Å². The van der Waals surface area contributed by atoms with Gasteiger partial charge in [-0.05, 0) is 32.9 Å². The van der Waals surface area contributed by atoms with Crippen molar-refractivity contribution in [2.24, 2.45) is 0 Å². The molecule has 1 N–H and O–H groups in total. The fourth-order valence-electron chi connectivity index (χ4n) is 2.06. The van der Waals surface area contributed by atoms with Gasteiger partial charge in [-0.1, -0.05) is 17.4 Å². The zero-order valence-corrected chi connectivity index (χ0v) is 16.3. The SMILES string of the molecule is CC(C)(C)OC(=O)NCCS(=O)c1nn2cc(-c3ccccn3)nc2s1. The standard InChI is InChI=1S/C16H19N5O3S2/c1-16(2,3)24-14(22)18-8-9-26(23)15-20-21-10-12(19-13(21)25-15)11-6-4-5-7-17-11/h4-7,10H,8-9H2,1-3H3,(H,18,22). The van der Waals surface area contributed by atoms with E-state index in [0.29, 0.717) is 15.0 Å². The first-order valence-electron chi connectivity index (χ1n) is 7.95. The number of aromatic nitrogens is 4. The lowest BCUT2D eigenvalue weighted by molar-refractivity contribution is 0.0531. The second-order valence-electron chi connectivity index (χ2n) is 6.41. The summed E-state index contributed by atoms with van der Waals surface area (Å²) in [6.45, 7) is 5.60. The molecule has 26 heavy (non-hydrogen) atoms. The average molecular weight is 393 g/mol. The molecule has 1 unspecified atom stereocenters. The van der Waals surface area contributed by atoms with Gasteiger partial charge in [-0.15, -0.1) is 5.10 Å². The van der Waals surface area contributed by atoms with Crippen LogP contribution >= 0.6 is 11.3 Å². The van der Waals surface area contributed by atoms with Gasteiger partial charge in [0.25, 0.3) is 0 Å². The predicted molar refractivity (Wildman–Crippen MR) is 99.6 cm³/mol. The van der Waals surface area contributed by atoms with Crippen LogP contribution in [0.25, 0.3) is 16.3 Å². The molecule has 10 heteroatoms. The van der Waals surface area contributed by atoms with Crippen molar-refractivity contribution in [1.82, 2.24) is 24.9 Å². The molecule has 8 nitrogen and oxygen atoms in total. The second-order valence-corrected chi connectivity index (χ2v) is 9.11. The largest absolute Gasteiger partial charge is 0.444 e. The monoisotopic (exact) mass is 393 g/mol. The van der Waals surface area contributed by atoms with Crippen molar-refractivity contribution in [3.05, 3.63) is 30.6 Å². The Morgan fingerprint density at radius 3 is 2.81 bits per heavy atom. The highest BCUT2D eigenvalue weighted by Gasteiger charge is 2.17. The molecule has 0 saturated heterocycles. The van der Waals surface area contributed by atoms with Gasteiger partial charge in [-0.2, -0.15) is 0 Å². The van der Waals surface area contributed by atoms with Gasteiger partial charge < -0.3 is 10.1 Å². The van der Waals surface area contributed by atoms with Gasteiger partial charge >= 0.3 is 6.09 Å². The molecule has 3 heterocycles. The minimum Gasteiger partial charge on any atom is -0.444 e. The number of alkyl carbamates (subject to hydrolysis) is 1. The fourth-order valence-corrected chi connectivity index (χ4v) is 4.16. The van der Waals surface area contributed by atoms with Crippen molar-refractivity contribution in [2.75, 3.05) is 12.3 Å². The van der Waals surface area contributed by atoms with E-state index in [1.54, 1.807) is 37.7 Å². The van der Waals surface area contributed by atoms with Gasteiger partial charge in [-0.25, -0.2) is 14.3 Å². The van der Waals surface area contributed by atoms with Crippen LogP contribution in [0.15, 0.2) is 34.9 Å². The smallest absolute Gasteiger partial charge is 0.407 e. The molecule has 0 aliphatic heterocycles. The highest BCUT2D eigenvalue weighted by Crippen LogP contribution is 2.22. The van der Waals surface area contributed by atoms with Crippen LogP contribution < -0.4 is 5.32 Å². The first-order valence-corrected chi connectivity index (χ1v) is 10.1. The van der Waals surface area contributed by atoms with E-state index in [1.807, 2.05) is 18.2 Å². The molecule has 0 radical (unpaired) electrons. The van der Waals surface area contributed by atoms with Gasteiger partial charge in [0.05, 0.1) is 22.7 Å². The molecule has 0 saturated carbocycles. The molecule has 0 bridgehead atoms. The van der Waals surface area contributed by atoms with Crippen LogP contribution in [0, 0.1) is 0 Å². The molecule has 0 aliphatic carbocycles. The molecular weight excluding hydrogens is 374 g/mol. The summed E-state index contributed by atoms with van der Waals surface area (Å²) in [5.74, 6) is 0.253. The van der Waals surface area contributed by atoms with Crippen LogP contribution in [-0.2, 0) is 15.5 Å². The average Bonchev–Trinajstić information content (AvgIpc) is 3.12. The Morgan fingerprint density at radius 2 is 2.15 bits per heavy atom. The summed E-state index contributed by atoms with van der Waals surface area (Å²) in [6.07, 6.45) is 2.94. The Hall–Kier alpha value is -2.33. The van der Waals surface area contributed by atoms with E-state index >= 15 is 0 Å². The number of nitrogens with one attached hydrogen (secondary N) is 1. The quantitative estimate of drug-likeness (QED) is 0.715. The van der Waals surface area contributed by atoms with Crippen LogP contribution in [0.1, 0.15) is 20.8 Å². The zero-order valence-electron chi connectivity index (χ0n) is 14.6. The second kappa shape index (κ2) is 7.50. The Kier molecular flexibility index (Phi) is 5.33. The maximum absolute atomic E-state index is 12.3. The van der Waals surface area contributed by atoms with E-state index in [0.717, 1.165) is 5.69 Å².